The Bertz CT molecular complexity index is 374. The van der Waals surface area contributed by atoms with Gasteiger partial charge in [0.15, 0.2) is 0 Å². The third-order valence-electron chi connectivity index (χ3n) is 6.40. The zero-order valence-corrected chi connectivity index (χ0v) is 13.0. The van der Waals surface area contributed by atoms with Gasteiger partial charge >= 0.3 is 7.12 Å². The van der Waals surface area contributed by atoms with Crippen LogP contribution in [0.3, 0.4) is 0 Å². The van der Waals surface area contributed by atoms with Crippen molar-refractivity contribution in [1.82, 2.24) is 5.32 Å². The SMILES string of the molecule is CC1(C)C2CC3OB(C4CCCN4)O[C@@]3(C)C1C2.Cl. The molecular formula is C14H25BClNO2. The van der Waals surface area contributed by atoms with Crippen LogP contribution in [0.5, 0.6) is 0 Å². The van der Waals surface area contributed by atoms with Crippen molar-refractivity contribution in [3.05, 3.63) is 0 Å². The highest BCUT2D eigenvalue weighted by Crippen LogP contribution is 2.65. The maximum absolute atomic E-state index is 6.44. The molecule has 0 aromatic heterocycles. The fourth-order valence-electron chi connectivity index (χ4n) is 5.01. The average molecular weight is 286 g/mol. The summed E-state index contributed by atoms with van der Waals surface area (Å²) in [5.41, 5.74) is 0.416. The summed E-state index contributed by atoms with van der Waals surface area (Å²) in [6.45, 7) is 8.25. The Hall–Kier alpha value is 0.235. The van der Waals surface area contributed by atoms with Gasteiger partial charge in [-0.1, -0.05) is 13.8 Å². The van der Waals surface area contributed by atoms with Crippen LogP contribution in [-0.4, -0.2) is 31.3 Å². The monoisotopic (exact) mass is 285 g/mol. The second kappa shape index (κ2) is 4.36. The highest BCUT2D eigenvalue weighted by molar-refractivity contribution is 6.47. The van der Waals surface area contributed by atoms with E-state index in [0.29, 0.717) is 23.4 Å². The summed E-state index contributed by atoms with van der Waals surface area (Å²) in [6.07, 6.45) is 5.33. The molecule has 5 aliphatic rings. The van der Waals surface area contributed by atoms with E-state index in [0.717, 1.165) is 12.5 Å². The molecule has 108 valence electrons. The van der Waals surface area contributed by atoms with Crippen LogP contribution in [0, 0.1) is 17.3 Å². The lowest BCUT2D eigenvalue weighted by Crippen LogP contribution is -2.65. The van der Waals surface area contributed by atoms with E-state index in [4.69, 9.17) is 9.31 Å². The molecule has 0 aromatic carbocycles. The van der Waals surface area contributed by atoms with E-state index in [9.17, 15) is 0 Å². The minimum atomic E-state index is -0.0345. The smallest absolute Gasteiger partial charge is 0.404 e. The predicted molar refractivity (Wildman–Crippen MR) is 78.4 cm³/mol. The largest absolute Gasteiger partial charge is 0.475 e. The Labute approximate surface area is 122 Å². The first-order valence-corrected chi connectivity index (χ1v) is 7.58. The molecule has 5 rings (SSSR count). The van der Waals surface area contributed by atoms with Gasteiger partial charge in [0, 0.05) is 5.94 Å². The van der Waals surface area contributed by atoms with Gasteiger partial charge in [0.05, 0.1) is 11.7 Å². The van der Waals surface area contributed by atoms with Crippen molar-refractivity contribution in [2.24, 2.45) is 17.3 Å². The minimum absolute atomic E-state index is 0. The first-order chi connectivity index (χ1) is 8.52. The van der Waals surface area contributed by atoms with E-state index in [-0.39, 0.29) is 25.1 Å². The quantitative estimate of drug-likeness (QED) is 0.751. The van der Waals surface area contributed by atoms with Gasteiger partial charge in [0.1, 0.15) is 0 Å². The lowest BCUT2D eigenvalue weighted by Gasteiger charge is -2.64. The number of rotatable bonds is 1. The number of hydrogen-bond donors (Lipinski definition) is 1. The van der Waals surface area contributed by atoms with E-state index < -0.39 is 0 Å². The van der Waals surface area contributed by atoms with Gasteiger partial charge in [-0.05, 0) is 56.4 Å². The molecule has 5 heteroatoms. The highest BCUT2D eigenvalue weighted by atomic mass is 35.5. The first-order valence-electron chi connectivity index (χ1n) is 7.58. The van der Waals surface area contributed by atoms with Gasteiger partial charge in [-0.3, -0.25) is 0 Å². The molecular weight excluding hydrogens is 260 g/mol. The second-order valence-corrected chi connectivity index (χ2v) is 7.54. The normalized spacial score (nSPS) is 50.4. The predicted octanol–water partition coefficient (Wildman–Crippen LogP) is 2.43. The van der Waals surface area contributed by atoms with Crippen molar-refractivity contribution >= 4 is 19.5 Å². The molecule has 5 fully saturated rings. The van der Waals surface area contributed by atoms with Crippen molar-refractivity contribution in [3.8, 4) is 0 Å². The van der Waals surface area contributed by atoms with Crippen LogP contribution in [0.25, 0.3) is 0 Å². The van der Waals surface area contributed by atoms with Crippen LogP contribution in [0.2, 0.25) is 0 Å². The lowest BCUT2D eigenvalue weighted by molar-refractivity contribution is -0.199. The van der Waals surface area contributed by atoms with Gasteiger partial charge in [-0.2, -0.15) is 0 Å². The molecule has 3 aliphatic carbocycles. The van der Waals surface area contributed by atoms with Crippen LogP contribution in [0.4, 0.5) is 0 Å². The summed E-state index contributed by atoms with van der Waals surface area (Å²) >= 11 is 0. The Kier molecular flexibility index (Phi) is 3.26. The molecule has 0 amide bonds. The Balaban J connectivity index is 0.00000110. The zero-order chi connectivity index (χ0) is 12.5. The molecule has 2 aliphatic heterocycles. The summed E-state index contributed by atoms with van der Waals surface area (Å²) in [4.78, 5) is 0. The van der Waals surface area contributed by atoms with Crippen molar-refractivity contribution in [2.45, 2.75) is 64.1 Å². The maximum atomic E-state index is 6.44. The van der Waals surface area contributed by atoms with Crippen LogP contribution >= 0.6 is 12.4 Å². The van der Waals surface area contributed by atoms with Gasteiger partial charge in [-0.25, -0.2) is 0 Å². The average Bonchev–Trinajstić information content (AvgIpc) is 2.92. The number of nitrogens with one attached hydrogen (secondary N) is 1. The molecule has 3 saturated carbocycles. The lowest BCUT2D eigenvalue weighted by atomic mass is 9.43. The summed E-state index contributed by atoms with van der Waals surface area (Å²) in [7, 11) is -0.00218. The molecule has 2 saturated heterocycles. The highest BCUT2D eigenvalue weighted by Gasteiger charge is 2.68. The Morgan fingerprint density at radius 2 is 2.00 bits per heavy atom. The molecule has 3 nitrogen and oxygen atoms in total. The summed E-state index contributed by atoms with van der Waals surface area (Å²) < 4.78 is 12.7. The molecule has 5 atom stereocenters. The van der Waals surface area contributed by atoms with Gasteiger partial charge < -0.3 is 14.6 Å². The summed E-state index contributed by atoms with van der Waals surface area (Å²) in [6, 6.07) is 0. The van der Waals surface area contributed by atoms with E-state index >= 15 is 0 Å². The fourth-order valence-corrected chi connectivity index (χ4v) is 5.01. The molecule has 1 N–H and O–H groups in total. The van der Waals surface area contributed by atoms with Crippen LogP contribution < -0.4 is 5.32 Å². The van der Waals surface area contributed by atoms with Crippen molar-refractivity contribution < 1.29 is 9.31 Å². The third-order valence-corrected chi connectivity index (χ3v) is 6.40. The van der Waals surface area contributed by atoms with Crippen LogP contribution in [0.1, 0.15) is 46.5 Å². The van der Waals surface area contributed by atoms with Gasteiger partial charge in [-0.15, -0.1) is 12.4 Å². The maximum Gasteiger partial charge on any atom is 0.475 e. The van der Waals surface area contributed by atoms with Gasteiger partial charge in [0.2, 0.25) is 0 Å². The molecule has 0 spiro atoms. The third kappa shape index (κ3) is 1.76. The molecule has 2 bridgehead atoms. The van der Waals surface area contributed by atoms with Crippen molar-refractivity contribution in [1.29, 1.82) is 0 Å². The number of halogens is 1. The van der Waals surface area contributed by atoms with Crippen molar-refractivity contribution in [3.63, 3.8) is 0 Å². The second-order valence-electron chi connectivity index (χ2n) is 7.54. The Morgan fingerprint density at radius 3 is 2.63 bits per heavy atom. The van der Waals surface area contributed by atoms with E-state index in [1.165, 1.54) is 25.7 Å². The Morgan fingerprint density at radius 1 is 1.21 bits per heavy atom. The molecule has 4 unspecified atom stereocenters. The molecule has 0 aromatic rings. The van der Waals surface area contributed by atoms with Crippen LogP contribution in [0.15, 0.2) is 0 Å². The molecule has 19 heavy (non-hydrogen) atoms. The minimum Gasteiger partial charge on any atom is -0.404 e. The van der Waals surface area contributed by atoms with E-state index in [2.05, 4.69) is 26.1 Å². The topological polar surface area (TPSA) is 30.5 Å². The van der Waals surface area contributed by atoms with Crippen molar-refractivity contribution in [2.75, 3.05) is 6.54 Å². The number of hydrogen-bond acceptors (Lipinski definition) is 3. The first kappa shape index (κ1) is 14.2. The standard InChI is InChI=1S/C14H24BNO2.ClH/c1-13(2)9-7-10(13)14(3)11(8-9)17-15(18-14)12-5-4-6-16-12;/h9-12,16H,4-8H2,1-3H3;1H/t9?,10?,11?,12?,14-;/m0./s1. The van der Waals surface area contributed by atoms with E-state index in [1.54, 1.807) is 0 Å². The fraction of sp³-hybridized carbons (Fsp3) is 1.00. The zero-order valence-electron chi connectivity index (χ0n) is 12.1. The summed E-state index contributed by atoms with van der Waals surface area (Å²) in [5, 5.41) is 3.52. The van der Waals surface area contributed by atoms with E-state index in [1.807, 2.05) is 0 Å². The van der Waals surface area contributed by atoms with Gasteiger partial charge in [0.25, 0.3) is 0 Å². The molecule has 0 radical (unpaired) electrons. The molecule has 2 heterocycles. The van der Waals surface area contributed by atoms with Crippen LogP contribution in [-0.2, 0) is 9.31 Å². The summed E-state index contributed by atoms with van der Waals surface area (Å²) in [5.74, 6) is 1.95.